The van der Waals surface area contributed by atoms with E-state index in [4.69, 9.17) is 17.3 Å². The molecule has 0 amide bonds. The molecule has 2 N–H and O–H groups in total. The Labute approximate surface area is 94.4 Å². The molecule has 1 unspecified atom stereocenters. The molecule has 1 heterocycles. The number of aromatic nitrogens is 2. The lowest BCUT2D eigenvalue weighted by Crippen LogP contribution is -2.32. The molecule has 0 aliphatic heterocycles. The van der Waals surface area contributed by atoms with Gasteiger partial charge in [-0.3, -0.25) is 4.68 Å². The molecular formula is C10H17ClFN3. The van der Waals surface area contributed by atoms with Crippen molar-refractivity contribution < 1.29 is 4.39 Å². The maximum absolute atomic E-state index is 13.8. The third kappa shape index (κ3) is 2.69. The highest BCUT2D eigenvalue weighted by Crippen LogP contribution is 2.25. The molecule has 0 spiro atoms. The van der Waals surface area contributed by atoms with Gasteiger partial charge in [-0.15, -0.1) is 0 Å². The lowest BCUT2D eigenvalue weighted by atomic mass is 10.0. The Kier molecular flexibility index (Phi) is 3.73. The van der Waals surface area contributed by atoms with Crippen LogP contribution in [0.5, 0.6) is 0 Å². The van der Waals surface area contributed by atoms with Gasteiger partial charge >= 0.3 is 0 Å². The van der Waals surface area contributed by atoms with E-state index >= 15 is 0 Å². The van der Waals surface area contributed by atoms with Crippen LogP contribution in [0.4, 0.5) is 4.39 Å². The maximum atomic E-state index is 13.8. The molecule has 15 heavy (non-hydrogen) atoms. The average Bonchev–Trinajstić information content (AvgIpc) is 2.45. The average molecular weight is 234 g/mol. The van der Waals surface area contributed by atoms with Gasteiger partial charge in [-0.05, 0) is 13.3 Å². The second kappa shape index (κ2) is 4.49. The molecule has 1 aromatic rings. The van der Waals surface area contributed by atoms with Crippen molar-refractivity contribution in [1.29, 1.82) is 0 Å². The summed E-state index contributed by atoms with van der Waals surface area (Å²) in [5, 5.41) is 4.79. The first kappa shape index (κ1) is 12.5. The van der Waals surface area contributed by atoms with E-state index in [1.165, 1.54) is 6.92 Å². The van der Waals surface area contributed by atoms with Crippen molar-refractivity contribution in [2.45, 2.75) is 32.4 Å². The number of rotatable bonds is 4. The van der Waals surface area contributed by atoms with E-state index in [1.807, 2.05) is 6.92 Å². The number of aryl methyl sites for hydroxylation is 2. The Balaban J connectivity index is 2.99. The summed E-state index contributed by atoms with van der Waals surface area (Å²) in [5.74, 6) is 0. The molecule has 0 saturated heterocycles. The molecule has 1 atom stereocenters. The monoisotopic (exact) mass is 233 g/mol. The zero-order valence-electron chi connectivity index (χ0n) is 9.35. The number of nitrogens with zero attached hydrogens (tertiary/aromatic N) is 2. The molecule has 5 heteroatoms. The molecular weight excluding hydrogens is 217 g/mol. The van der Waals surface area contributed by atoms with Gasteiger partial charge < -0.3 is 5.73 Å². The molecule has 3 nitrogen and oxygen atoms in total. The van der Waals surface area contributed by atoms with Gasteiger partial charge in [-0.1, -0.05) is 18.5 Å². The molecule has 86 valence electrons. The van der Waals surface area contributed by atoms with Gasteiger partial charge in [-0.25, -0.2) is 4.39 Å². The Morgan fingerprint density at radius 2 is 2.20 bits per heavy atom. The summed E-state index contributed by atoms with van der Waals surface area (Å²) in [5.41, 5.74) is 5.44. The number of alkyl halides is 1. The zero-order chi connectivity index (χ0) is 11.6. The first-order chi connectivity index (χ1) is 6.91. The summed E-state index contributed by atoms with van der Waals surface area (Å²) >= 11 is 6.10. The molecule has 0 aliphatic carbocycles. The van der Waals surface area contributed by atoms with Crippen LogP contribution in [0.1, 0.15) is 25.2 Å². The van der Waals surface area contributed by atoms with E-state index in [-0.39, 0.29) is 13.0 Å². The second-order valence-electron chi connectivity index (χ2n) is 3.98. The fourth-order valence-electron chi connectivity index (χ4n) is 1.43. The number of nitrogens with two attached hydrogens (primary N) is 1. The first-order valence-corrected chi connectivity index (χ1v) is 5.38. The Bertz CT molecular complexity index is 347. The van der Waals surface area contributed by atoms with Gasteiger partial charge in [0.1, 0.15) is 5.67 Å². The van der Waals surface area contributed by atoms with Crippen LogP contribution in [0.15, 0.2) is 0 Å². The Morgan fingerprint density at radius 1 is 1.60 bits per heavy atom. The van der Waals surface area contributed by atoms with Crippen molar-refractivity contribution >= 4 is 11.6 Å². The van der Waals surface area contributed by atoms with Crippen molar-refractivity contribution in [2.75, 3.05) is 6.54 Å². The van der Waals surface area contributed by atoms with Crippen LogP contribution in [0.25, 0.3) is 0 Å². The smallest absolute Gasteiger partial charge is 0.126 e. The number of hydrogen-bond donors (Lipinski definition) is 1. The fraction of sp³-hybridized carbons (Fsp3) is 0.700. The van der Waals surface area contributed by atoms with E-state index < -0.39 is 5.67 Å². The quantitative estimate of drug-likeness (QED) is 0.863. The summed E-state index contributed by atoms with van der Waals surface area (Å²) in [6.45, 7) is 3.42. The van der Waals surface area contributed by atoms with Gasteiger partial charge in [0.15, 0.2) is 0 Å². The van der Waals surface area contributed by atoms with Crippen LogP contribution in [0.3, 0.4) is 0 Å². The van der Waals surface area contributed by atoms with Crippen molar-refractivity contribution in [1.82, 2.24) is 9.78 Å². The zero-order valence-corrected chi connectivity index (χ0v) is 10.1. The molecule has 0 aliphatic rings. The fourth-order valence-corrected chi connectivity index (χ4v) is 1.79. The lowest BCUT2D eigenvalue weighted by Gasteiger charge is -2.17. The van der Waals surface area contributed by atoms with E-state index in [1.54, 1.807) is 11.7 Å². The molecule has 0 radical (unpaired) electrons. The van der Waals surface area contributed by atoms with Crippen LogP contribution in [0, 0.1) is 0 Å². The standard InChI is InChI=1S/C10H17ClFN3/c1-4-7-9(11)8(15(3)14-7)5-10(2,12)6-13/h4-6,13H2,1-3H3. The van der Waals surface area contributed by atoms with E-state index in [2.05, 4.69) is 5.10 Å². The summed E-state index contributed by atoms with van der Waals surface area (Å²) < 4.78 is 15.4. The van der Waals surface area contributed by atoms with Crippen LogP contribution in [-0.2, 0) is 19.9 Å². The predicted octanol–water partition coefficient (Wildman–Crippen LogP) is 1.87. The van der Waals surface area contributed by atoms with Crippen LogP contribution in [0.2, 0.25) is 5.02 Å². The van der Waals surface area contributed by atoms with Gasteiger partial charge in [0.05, 0.1) is 16.4 Å². The molecule has 0 aromatic carbocycles. The predicted molar refractivity (Wildman–Crippen MR) is 59.9 cm³/mol. The minimum absolute atomic E-state index is 0.0179. The first-order valence-electron chi connectivity index (χ1n) is 5.00. The normalized spacial score (nSPS) is 15.3. The van der Waals surface area contributed by atoms with E-state index in [9.17, 15) is 4.39 Å². The van der Waals surface area contributed by atoms with Crippen molar-refractivity contribution in [2.24, 2.45) is 12.8 Å². The van der Waals surface area contributed by atoms with Crippen LogP contribution in [-0.4, -0.2) is 22.0 Å². The van der Waals surface area contributed by atoms with Crippen LogP contribution < -0.4 is 5.73 Å². The van der Waals surface area contributed by atoms with Gasteiger partial charge in [0, 0.05) is 20.0 Å². The van der Waals surface area contributed by atoms with E-state index in [0.29, 0.717) is 10.7 Å². The topological polar surface area (TPSA) is 43.8 Å². The summed E-state index contributed by atoms with van der Waals surface area (Å²) in [7, 11) is 1.77. The highest BCUT2D eigenvalue weighted by atomic mass is 35.5. The van der Waals surface area contributed by atoms with Gasteiger partial charge in [-0.2, -0.15) is 5.10 Å². The van der Waals surface area contributed by atoms with Gasteiger partial charge in [0.2, 0.25) is 0 Å². The highest BCUT2D eigenvalue weighted by Gasteiger charge is 2.26. The minimum Gasteiger partial charge on any atom is -0.328 e. The Hall–Kier alpha value is -0.610. The largest absolute Gasteiger partial charge is 0.328 e. The molecule has 0 saturated carbocycles. The molecule has 1 aromatic heterocycles. The summed E-state index contributed by atoms with van der Waals surface area (Å²) in [6.07, 6.45) is 0.949. The number of halogens is 2. The maximum Gasteiger partial charge on any atom is 0.126 e. The SMILES string of the molecule is CCc1nn(C)c(CC(C)(F)CN)c1Cl. The summed E-state index contributed by atoms with van der Waals surface area (Å²) in [4.78, 5) is 0. The van der Waals surface area contributed by atoms with Crippen molar-refractivity contribution in [3.63, 3.8) is 0 Å². The third-order valence-electron chi connectivity index (χ3n) is 2.46. The van der Waals surface area contributed by atoms with Gasteiger partial charge in [0.25, 0.3) is 0 Å². The van der Waals surface area contributed by atoms with Crippen molar-refractivity contribution in [3.05, 3.63) is 16.4 Å². The third-order valence-corrected chi connectivity index (χ3v) is 2.90. The van der Waals surface area contributed by atoms with Crippen molar-refractivity contribution in [3.8, 4) is 0 Å². The van der Waals surface area contributed by atoms with E-state index in [0.717, 1.165) is 12.1 Å². The number of hydrogen-bond acceptors (Lipinski definition) is 2. The Morgan fingerprint density at radius 3 is 2.60 bits per heavy atom. The molecule has 0 bridgehead atoms. The minimum atomic E-state index is -1.43. The van der Waals surface area contributed by atoms with Crippen LogP contribution >= 0.6 is 11.6 Å². The summed E-state index contributed by atoms with van der Waals surface area (Å²) in [6, 6.07) is 0. The second-order valence-corrected chi connectivity index (χ2v) is 4.36. The molecule has 0 fully saturated rings. The lowest BCUT2D eigenvalue weighted by molar-refractivity contribution is 0.196. The molecule has 1 rings (SSSR count). The highest BCUT2D eigenvalue weighted by molar-refractivity contribution is 6.31.